The van der Waals surface area contributed by atoms with Crippen molar-refractivity contribution in [2.45, 2.75) is 0 Å². The Balaban J connectivity index is 0. The van der Waals surface area contributed by atoms with Gasteiger partial charge in [-0.25, -0.2) is 0 Å². The molecule has 5 nitrogen and oxygen atoms in total. The first-order valence-electron chi connectivity index (χ1n) is 2.58. The van der Waals surface area contributed by atoms with Gasteiger partial charge in [-0.1, -0.05) is 0 Å². The maximum absolute atomic E-state index is 9.24. The summed E-state index contributed by atoms with van der Waals surface area (Å²) in [6, 6.07) is 0. The summed E-state index contributed by atoms with van der Waals surface area (Å²) in [7, 11) is 3.17. The van der Waals surface area contributed by atoms with Gasteiger partial charge in [0.2, 0.25) is 0 Å². The van der Waals surface area contributed by atoms with E-state index in [2.05, 4.69) is 15.2 Å². The zero-order valence-corrected chi connectivity index (χ0v) is 6.16. The maximum Gasteiger partial charge on any atom is 0.317 e. The molecule has 0 aromatic carbocycles. The number of ether oxygens (including phenoxy) is 2. The van der Waals surface area contributed by atoms with Crippen LogP contribution in [0.5, 0.6) is 0 Å². The van der Waals surface area contributed by atoms with Crippen molar-refractivity contribution in [3.63, 3.8) is 0 Å². The molecule has 0 aliphatic rings. The topological polar surface area (TPSA) is 81.8 Å². The average Bonchev–Trinajstić information content (AvgIpc) is 1.91. The van der Waals surface area contributed by atoms with Gasteiger partial charge in [0.1, 0.15) is 6.79 Å². The molecule has 0 bridgehead atoms. The Hall–Kier alpha value is -0.650. The van der Waals surface area contributed by atoms with Crippen molar-refractivity contribution >= 4 is 5.97 Å². The lowest BCUT2D eigenvalue weighted by molar-refractivity contribution is -0.135. The summed E-state index contributed by atoms with van der Waals surface area (Å²) in [6.07, 6.45) is 0. The van der Waals surface area contributed by atoms with E-state index in [9.17, 15) is 4.79 Å². The number of carboxylic acids is 1. The molecule has 62 valence electrons. The summed E-state index contributed by atoms with van der Waals surface area (Å²) in [5.41, 5.74) is 4.57. The lowest BCUT2D eigenvalue weighted by atomic mass is 10.7. The molecule has 0 heterocycles. The average molecular weight is 151 g/mol. The minimum Gasteiger partial charge on any atom is -0.480 e. The van der Waals surface area contributed by atoms with Gasteiger partial charge in [0.05, 0.1) is 6.54 Å². The molecule has 0 saturated heterocycles. The summed E-state index contributed by atoms with van der Waals surface area (Å²) in [6.45, 7) is 0.111. The zero-order valence-electron chi connectivity index (χ0n) is 6.16. The lowest BCUT2D eigenvalue weighted by Crippen LogP contribution is -2.10. The number of carboxylic acid groups (broad SMARTS) is 1. The molecule has 0 aliphatic carbocycles. The molecule has 0 aromatic rings. The molecule has 0 fully saturated rings. The number of aliphatic carboxylic acids is 1. The zero-order chi connectivity index (χ0) is 8.41. The summed E-state index contributed by atoms with van der Waals surface area (Å²) in [4.78, 5) is 9.24. The predicted octanol–water partition coefficient (Wildman–Crippen LogP) is -0.734. The van der Waals surface area contributed by atoms with E-state index in [1.54, 1.807) is 14.2 Å². The molecule has 0 atom stereocenters. The Morgan fingerprint density at radius 3 is 1.80 bits per heavy atom. The maximum atomic E-state index is 9.24. The van der Waals surface area contributed by atoms with Gasteiger partial charge >= 0.3 is 5.97 Å². The number of rotatable bonds is 3. The van der Waals surface area contributed by atoms with Gasteiger partial charge < -0.3 is 20.3 Å². The van der Waals surface area contributed by atoms with E-state index in [0.717, 1.165) is 0 Å². The molecule has 0 unspecified atom stereocenters. The molecular formula is C5H13NO4. The second-order valence-corrected chi connectivity index (χ2v) is 1.29. The van der Waals surface area contributed by atoms with Crippen LogP contribution in [0.2, 0.25) is 0 Å². The molecule has 0 spiro atoms. The Labute approximate surface area is 59.7 Å². The summed E-state index contributed by atoms with van der Waals surface area (Å²) in [5.74, 6) is -0.968. The van der Waals surface area contributed by atoms with E-state index in [-0.39, 0.29) is 6.54 Å². The van der Waals surface area contributed by atoms with Gasteiger partial charge in [0, 0.05) is 14.2 Å². The molecule has 0 aromatic heterocycles. The minimum atomic E-state index is -0.968. The van der Waals surface area contributed by atoms with E-state index in [0.29, 0.717) is 6.79 Å². The second-order valence-electron chi connectivity index (χ2n) is 1.29. The third-order valence-corrected chi connectivity index (χ3v) is 0.410. The fourth-order valence-corrected chi connectivity index (χ4v) is 0.118. The van der Waals surface area contributed by atoms with Gasteiger partial charge in [-0.05, 0) is 0 Å². The molecule has 0 rings (SSSR count). The highest BCUT2D eigenvalue weighted by molar-refractivity contribution is 5.68. The quantitative estimate of drug-likeness (QED) is 0.519. The van der Waals surface area contributed by atoms with Crippen molar-refractivity contribution in [2.75, 3.05) is 27.6 Å². The van der Waals surface area contributed by atoms with Gasteiger partial charge in [0.15, 0.2) is 0 Å². The second kappa shape index (κ2) is 11.2. The Morgan fingerprint density at radius 1 is 1.50 bits per heavy atom. The van der Waals surface area contributed by atoms with Gasteiger partial charge in [-0.2, -0.15) is 0 Å². The largest absolute Gasteiger partial charge is 0.480 e. The third kappa shape index (κ3) is 26.4. The van der Waals surface area contributed by atoms with Crippen LogP contribution in [0.25, 0.3) is 0 Å². The normalized spacial score (nSPS) is 7.90. The summed E-state index contributed by atoms with van der Waals surface area (Å²) < 4.78 is 8.94. The molecule has 0 radical (unpaired) electrons. The lowest BCUT2D eigenvalue weighted by Gasteiger charge is -1.87. The van der Waals surface area contributed by atoms with E-state index in [1.807, 2.05) is 0 Å². The van der Waals surface area contributed by atoms with Crippen LogP contribution in [0, 0.1) is 0 Å². The van der Waals surface area contributed by atoms with E-state index in [4.69, 9.17) is 5.11 Å². The molecular weight excluding hydrogens is 138 g/mol. The highest BCUT2D eigenvalue weighted by Crippen LogP contribution is 1.60. The van der Waals surface area contributed by atoms with Crippen molar-refractivity contribution in [1.82, 2.24) is 0 Å². The Bertz CT molecular complexity index is 74.0. The van der Waals surface area contributed by atoms with Crippen molar-refractivity contribution < 1.29 is 19.4 Å². The first-order chi connectivity index (χ1) is 4.68. The van der Waals surface area contributed by atoms with Crippen molar-refractivity contribution in [3.8, 4) is 0 Å². The van der Waals surface area contributed by atoms with Crippen LogP contribution in [0.3, 0.4) is 0 Å². The van der Waals surface area contributed by atoms with Gasteiger partial charge in [0.25, 0.3) is 0 Å². The molecule has 0 amide bonds. The van der Waals surface area contributed by atoms with Crippen LogP contribution in [0.15, 0.2) is 0 Å². The first kappa shape index (κ1) is 12.1. The van der Waals surface area contributed by atoms with E-state index < -0.39 is 5.97 Å². The summed E-state index contributed by atoms with van der Waals surface area (Å²) in [5, 5.41) is 7.60. The Morgan fingerprint density at radius 2 is 1.80 bits per heavy atom. The number of methoxy groups -OCH3 is 2. The Kier molecular flexibility index (Phi) is 13.5. The minimum absolute atomic E-state index is 0.278. The summed E-state index contributed by atoms with van der Waals surface area (Å²) >= 11 is 0. The highest BCUT2D eigenvalue weighted by Gasteiger charge is 1.81. The number of hydrogen-bond donors (Lipinski definition) is 2. The van der Waals surface area contributed by atoms with E-state index in [1.165, 1.54) is 0 Å². The van der Waals surface area contributed by atoms with Crippen molar-refractivity contribution in [3.05, 3.63) is 0 Å². The standard InChI is InChI=1S/C3H8O2.C2H5NO2/c1-4-3-5-2;3-1-2(4)5/h3H2,1-2H3;1,3H2,(H,4,5). The van der Waals surface area contributed by atoms with Crippen LogP contribution in [-0.4, -0.2) is 38.6 Å². The van der Waals surface area contributed by atoms with Gasteiger partial charge in [-0.15, -0.1) is 0 Å². The smallest absolute Gasteiger partial charge is 0.317 e. The van der Waals surface area contributed by atoms with Gasteiger partial charge in [-0.3, -0.25) is 4.79 Å². The van der Waals surface area contributed by atoms with Crippen LogP contribution < -0.4 is 5.73 Å². The highest BCUT2D eigenvalue weighted by atomic mass is 16.6. The monoisotopic (exact) mass is 151 g/mol. The van der Waals surface area contributed by atoms with Crippen LogP contribution >= 0.6 is 0 Å². The molecule has 0 aliphatic heterocycles. The molecule has 10 heavy (non-hydrogen) atoms. The van der Waals surface area contributed by atoms with Crippen molar-refractivity contribution in [1.29, 1.82) is 0 Å². The fourth-order valence-electron chi connectivity index (χ4n) is 0.118. The van der Waals surface area contributed by atoms with Crippen LogP contribution in [0.1, 0.15) is 0 Å². The third-order valence-electron chi connectivity index (χ3n) is 0.410. The molecule has 0 saturated carbocycles. The van der Waals surface area contributed by atoms with Crippen LogP contribution in [0.4, 0.5) is 0 Å². The van der Waals surface area contributed by atoms with Crippen LogP contribution in [-0.2, 0) is 14.3 Å². The van der Waals surface area contributed by atoms with E-state index >= 15 is 0 Å². The number of carbonyl (C=O) groups is 1. The number of hydrogen-bond acceptors (Lipinski definition) is 4. The number of nitrogens with two attached hydrogens (primary N) is 1. The molecule has 5 heteroatoms. The first-order valence-corrected chi connectivity index (χ1v) is 2.58. The predicted molar refractivity (Wildman–Crippen MR) is 35.6 cm³/mol. The fraction of sp³-hybridized carbons (Fsp3) is 0.800. The SMILES string of the molecule is COCOC.NCC(=O)O. The molecule has 3 N–H and O–H groups in total. The van der Waals surface area contributed by atoms with Crippen molar-refractivity contribution in [2.24, 2.45) is 5.73 Å².